The van der Waals surface area contributed by atoms with Gasteiger partial charge in [0, 0.05) is 10.4 Å². The van der Waals surface area contributed by atoms with Crippen molar-refractivity contribution in [3.05, 3.63) is 46.0 Å². The third-order valence-corrected chi connectivity index (χ3v) is 3.57. The van der Waals surface area contributed by atoms with E-state index < -0.39 is 0 Å². The molecule has 0 bridgehead atoms. The highest BCUT2D eigenvalue weighted by Gasteiger charge is 2.17. The normalized spacial score (nSPS) is 12.9. The first kappa shape index (κ1) is 11.4. The molecule has 0 fully saturated rings. The van der Waals surface area contributed by atoms with Crippen LogP contribution in [-0.4, -0.2) is 6.54 Å². The predicted octanol–water partition coefficient (Wildman–Crippen LogP) is 3.74. The lowest BCUT2D eigenvalue weighted by Crippen LogP contribution is -2.22. The minimum Gasteiger partial charge on any atom is -0.469 e. The highest BCUT2D eigenvalue weighted by molar-refractivity contribution is 7.10. The largest absolute Gasteiger partial charge is 0.469 e. The summed E-state index contributed by atoms with van der Waals surface area (Å²) in [5.41, 5.74) is 1.25. The molecule has 1 N–H and O–H groups in total. The molecular weight excluding hydrogens is 218 g/mol. The Labute approximate surface area is 100 Å². The highest BCUT2D eigenvalue weighted by atomic mass is 32.1. The molecule has 0 saturated carbocycles. The van der Waals surface area contributed by atoms with Crippen LogP contribution < -0.4 is 5.32 Å². The molecule has 1 unspecified atom stereocenters. The molecule has 0 aliphatic rings. The molecule has 3 heteroatoms. The van der Waals surface area contributed by atoms with Crippen LogP contribution in [0, 0.1) is 6.92 Å². The summed E-state index contributed by atoms with van der Waals surface area (Å²) >= 11 is 1.78. The van der Waals surface area contributed by atoms with E-state index in [0.29, 0.717) is 0 Å². The van der Waals surface area contributed by atoms with Gasteiger partial charge >= 0.3 is 0 Å². The minimum atomic E-state index is 0.277. The van der Waals surface area contributed by atoms with Gasteiger partial charge in [-0.05, 0) is 37.4 Å². The lowest BCUT2D eigenvalue weighted by Gasteiger charge is -2.16. The topological polar surface area (TPSA) is 25.2 Å². The smallest absolute Gasteiger partial charge is 0.105 e. The van der Waals surface area contributed by atoms with E-state index in [1.165, 1.54) is 10.4 Å². The summed E-state index contributed by atoms with van der Waals surface area (Å²) in [6, 6.07) is 6.60. The predicted molar refractivity (Wildman–Crippen MR) is 67.9 cm³/mol. The standard InChI is InChI=1S/C13H17NOS/c1-3-7-14-13(12-5-4-9-16-12)11-6-8-15-10(11)2/h4-6,8-9,13-14H,3,7H2,1-2H3. The lowest BCUT2D eigenvalue weighted by atomic mass is 10.1. The van der Waals surface area contributed by atoms with Crippen LogP contribution in [0.25, 0.3) is 0 Å². The van der Waals surface area contributed by atoms with Crippen LogP contribution in [0.2, 0.25) is 0 Å². The van der Waals surface area contributed by atoms with Gasteiger partial charge in [0.1, 0.15) is 5.76 Å². The molecule has 1 atom stereocenters. The molecule has 0 spiro atoms. The van der Waals surface area contributed by atoms with Gasteiger partial charge in [-0.25, -0.2) is 0 Å². The Bertz CT molecular complexity index is 419. The third kappa shape index (κ3) is 2.36. The Balaban J connectivity index is 2.25. The van der Waals surface area contributed by atoms with Crippen molar-refractivity contribution in [2.45, 2.75) is 26.3 Å². The number of aryl methyl sites for hydroxylation is 1. The maximum absolute atomic E-state index is 5.39. The average Bonchev–Trinajstić information content (AvgIpc) is 2.91. The van der Waals surface area contributed by atoms with Crippen LogP contribution in [-0.2, 0) is 0 Å². The molecule has 0 aromatic carbocycles. The Morgan fingerprint density at radius 3 is 2.88 bits per heavy atom. The van der Waals surface area contributed by atoms with Gasteiger partial charge in [-0.3, -0.25) is 0 Å². The van der Waals surface area contributed by atoms with Crippen LogP contribution in [0.5, 0.6) is 0 Å². The number of hydrogen-bond acceptors (Lipinski definition) is 3. The molecule has 0 radical (unpaired) electrons. The van der Waals surface area contributed by atoms with Gasteiger partial charge in [-0.1, -0.05) is 13.0 Å². The van der Waals surface area contributed by atoms with Crippen LogP contribution in [0.4, 0.5) is 0 Å². The summed E-state index contributed by atoms with van der Waals surface area (Å²) in [6.07, 6.45) is 2.90. The molecular formula is C13H17NOS. The van der Waals surface area contributed by atoms with E-state index in [-0.39, 0.29) is 6.04 Å². The third-order valence-electron chi connectivity index (χ3n) is 2.64. The SMILES string of the molecule is CCCNC(c1cccs1)c1ccoc1C. The summed E-state index contributed by atoms with van der Waals surface area (Å²) in [6.45, 7) is 5.22. The van der Waals surface area contributed by atoms with E-state index in [1.807, 2.05) is 6.92 Å². The van der Waals surface area contributed by atoms with Gasteiger partial charge in [0.25, 0.3) is 0 Å². The van der Waals surface area contributed by atoms with Crippen LogP contribution in [0.15, 0.2) is 34.3 Å². The highest BCUT2D eigenvalue weighted by Crippen LogP contribution is 2.28. The number of thiophene rings is 1. The van der Waals surface area contributed by atoms with E-state index in [0.717, 1.165) is 18.7 Å². The second kappa shape index (κ2) is 5.32. The number of rotatable bonds is 5. The fourth-order valence-electron chi connectivity index (χ4n) is 1.80. The molecule has 2 nitrogen and oxygen atoms in total. The Kier molecular flexibility index (Phi) is 3.80. The quantitative estimate of drug-likeness (QED) is 0.854. The van der Waals surface area contributed by atoms with E-state index in [9.17, 15) is 0 Å². The summed E-state index contributed by atoms with van der Waals surface area (Å²) < 4.78 is 5.39. The van der Waals surface area contributed by atoms with E-state index in [1.54, 1.807) is 17.6 Å². The Morgan fingerprint density at radius 1 is 1.44 bits per heavy atom. The van der Waals surface area contributed by atoms with Gasteiger partial charge in [0.2, 0.25) is 0 Å². The van der Waals surface area contributed by atoms with Crippen molar-refractivity contribution in [3.8, 4) is 0 Å². The molecule has 0 amide bonds. The van der Waals surface area contributed by atoms with Gasteiger partial charge in [-0.2, -0.15) is 0 Å². The first-order valence-corrected chi connectivity index (χ1v) is 6.51. The second-order valence-electron chi connectivity index (χ2n) is 3.83. The summed E-state index contributed by atoms with van der Waals surface area (Å²) in [4.78, 5) is 1.35. The van der Waals surface area contributed by atoms with Gasteiger partial charge < -0.3 is 9.73 Å². The van der Waals surface area contributed by atoms with Crippen molar-refractivity contribution < 1.29 is 4.42 Å². The maximum atomic E-state index is 5.39. The van der Waals surface area contributed by atoms with Gasteiger partial charge in [0.15, 0.2) is 0 Å². The molecule has 0 aliphatic heterocycles. The van der Waals surface area contributed by atoms with Crippen molar-refractivity contribution in [1.82, 2.24) is 5.32 Å². The van der Waals surface area contributed by atoms with Crippen LogP contribution in [0.3, 0.4) is 0 Å². The molecule has 2 rings (SSSR count). The monoisotopic (exact) mass is 235 g/mol. The molecule has 86 valence electrons. The second-order valence-corrected chi connectivity index (χ2v) is 4.81. The number of furan rings is 1. The summed E-state index contributed by atoms with van der Waals surface area (Å²) in [5, 5.41) is 5.68. The van der Waals surface area contributed by atoms with Crippen molar-refractivity contribution >= 4 is 11.3 Å². The molecule has 0 saturated heterocycles. The van der Waals surface area contributed by atoms with Crippen LogP contribution in [0.1, 0.15) is 35.6 Å². The fraction of sp³-hybridized carbons (Fsp3) is 0.385. The van der Waals surface area contributed by atoms with E-state index in [2.05, 4.69) is 35.8 Å². The zero-order valence-electron chi connectivity index (χ0n) is 9.69. The minimum absolute atomic E-state index is 0.277. The Hall–Kier alpha value is -1.06. The zero-order valence-corrected chi connectivity index (χ0v) is 10.5. The number of hydrogen-bond donors (Lipinski definition) is 1. The summed E-state index contributed by atoms with van der Waals surface area (Å²) in [7, 11) is 0. The average molecular weight is 235 g/mol. The van der Waals surface area contributed by atoms with Crippen molar-refractivity contribution in [2.75, 3.05) is 6.54 Å². The van der Waals surface area contributed by atoms with E-state index >= 15 is 0 Å². The van der Waals surface area contributed by atoms with Crippen molar-refractivity contribution in [1.29, 1.82) is 0 Å². The van der Waals surface area contributed by atoms with Gasteiger partial charge in [0.05, 0.1) is 12.3 Å². The Morgan fingerprint density at radius 2 is 2.31 bits per heavy atom. The van der Waals surface area contributed by atoms with Crippen LogP contribution >= 0.6 is 11.3 Å². The maximum Gasteiger partial charge on any atom is 0.105 e. The zero-order chi connectivity index (χ0) is 11.4. The van der Waals surface area contributed by atoms with Crippen molar-refractivity contribution in [3.63, 3.8) is 0 Å². The molecule has 16 heavy (non-hydrogen) atoms. The summed E-state index contributed by atoms with van der Waals surface area (Å²) in [5.74, 6) is 1.00. The fourth-order valence-corrected chi connectivity index (χ4v) is 2.62. The van der Waals surface area contributed by atoms with E-state index in [4.69, 9.17) is 4.42 Å². The molecule has 0 aliphatic carbocycles. The molecule has 2 aromatic heterocycles. The van der Waals surface area contributed by atoms with Gasteiger partial charge in [-0.15, -0.1) is 11.3 Å². The lowest BCUT2D eigenvalue weighted by molar-refractivity contribution is 0.518. The first-order valence-electron chi connectivity index (χ1n) is 5.63. The molecule has 2 heterocycles. The number of nitrogens with one attached hydrogen (secondary N) is 1. The molecule has 2 aromatic rings. The first-order chi connectivity index (χ1) is 7.83. The van der Waals surface area contributed by atoms with Crippen molar-refractivity contribution in [2.24, 2.45) is 0 Å².